The summed E-state index contributed by atoms with van der Waals surface area (Å²) in [6, 6.07) is 13.2. The second-order valence-corrected chi connectivity index (χ2v) is 5.06. The van der Waals surface area contributed by atoms with Gasteiger partial charge in [-0.3, -0.25) is 4.79 Å². The van der Waals surface area contributed by atoms with Crippen LogP contribution in [0.15, 0.2) is 51.4 Å². The molecule has 2 aromatic heterocycles. The van der Waals surface area contributed by atoms with Crippen molar-refractivity contribution in [2.45, 2.75) is 20.4 Å². The second-order valence-electron chi connectivity index (χ2n) is 5.06. The highest BCUT2D eigenvalue weighted by molar-refractivity contribution is 5.95. The number of aromatic nitrogens is 1. The number of benzene rings is 1. The first-order valence-electron chi connectivity index (χ1n) is 7.00. The summed E-state index contributed by atoms with van der Waals surface area (Å²) in [7, 11) is 0. The van der Waals surface area contributed by atoms with Crippen molar-refractivity contribution in [3.05, 3.63) is 65.2 Å². The lowest BCUT2D eigenvalue weighted by Gasteiger charge is -2.00. The fraction of sp³-hybridized carbons (Fsp3) is 0.176. The summed E-state index contributed by atoms with van der Waals surface area (Å²) in [6.07, 6.45) is 0. The molecule has 0 saturated carbocycles. The summed E-state index contributed by atoms with van der Waals surface area (Å²) in [6.45, 7) is 3.89. The highest BCUT2D eigenvalue weighted by Gasteiger charge is 2.14. The van der Waals surface area contributed by atoms with Gasteiger partial charge in [0.05, 0.1) is 12.1 Å². The Morgan fingerprint density at radius 2 is 1.95 bits per heavy atom. The van der Waals surface area contributed by atoms with Crippen molar-refractivity contribution in [2.75, 3.05) is 0 Å². The zero-order valence-corrected chi connectivity index (χ0v) is 12.4. The van der Waals surface area contributed by atoms with Gasteiger partial charge in [-0.15, -0.1) is 0 Å². The molecule has 2 heterocycles. The quantitative estimate of drug-likeness (QED) is 0.800. The Kier molecular flexibility index (Phi) is 3.78. The monoisotopic (exact) mass is 296 g/mol. The van der Waals surface area contributed by atoms with Crippen LogP contribution in [0.3, 0.4) is 0 Å². The molecule has 0 saturated heterocycles. The maximum absolute atomic E-state index is 12.1. The standard InChI is InChI=1S/C17H16N2O3/c1-11-8-15(12(2)21-11)17(20)18-10-14-9-16(22-19-14)13-6-4-3-5-7-13/h3-9H,10H2,1-2H3,(H,18,20). The number of nitrogens with zero attached hydrogens (tertiary/aromatic N) is 1. The van der Waals surface area contributed by atoms with Crippen LogP contribution in [0.4, 0.5) is 0 Å². The van der Waals surface area contributed by atoms with Crippen LogP contribution in [-0.2, 0) is 6.54 Å². The van der Waals surface area contributed by atoms with Crippen LogP contribution in [-0.4, -0.2) is 11.1 Å². The van der Waals surface area contributed by atoms with Gasteiger partial charge in [0.25, 0.3) is 5.91 Å². The molecule has 3 aromatic rings. The summed E-state index contributed by atoms with van der Waals surface area (Å²) in [5.74, 6) is 1.83. The van der Waals surface area contributed by atoms with E-state index in [1.807, 2.05) is 43.3 Å². The molecule has 0 atom stereocenters. The average molecular weight is 296 g/mol. The molecule has 112 valence electrons. The Morgan fingerprint density at radius 3 is 2.64 bits per heavy atom. The van der Waals surface area contributed by atoms with E-state index >= 15 is 0 Å². The minimum Gasteiger partial charge on any atom is -0.466 e. The van der Waals surface area contributed by atoms with Crippen molar-refractivity contribution in [1.82, 2.24) is 10.5 Å². The van der Waals surface area contributed by atoms with Gasteiger partial charge in [-0.25, -0.2) is 0 Å². The summed E-state index contributed by atoms with van der Waals surface area (Å²) >= 11 is 0. The second kappa shape index (κ2) is 5.89. The number of hydrogen-bond donors (Lipinski definition) is 1. The van der Waals surface area contributed by atoms with Crippen molar-refractivity contribution in [3.8, 4) is 11.3 Å². The van der Waals surface area contributed by atoms with E-state index in [1.54, 1.807) is 13.0 Å². The van der Waals surface area contributed by atoms with Crippen molar-refractivity contribution in [2.24, 2.45) is 0 Å². The lowest BCUT2D eigenvalue weighted by Crippen LogP contribution is -2.23. The van der Waals surface area contributed by atoms with Gasteiger partial charge in [-0.2, -0.15) is 0 Å². The Labute approximate surface area is 127 Å². The first kappa shape index (κ1) is 14.1. The van der Waals surface area contributed by atoms with Crippen molar-refractivity contribution in [1.29, 1.82) is 0 Å². The van der Waals surface area contributed by atoms with Crippen LogP contribution in [0.2, 0.25) is 0 Å². The SMILES string of the molecule is Cc1cc(C(=O)NCc2cc(-c3ccccc3)on2)c(C)o1. The number of amides is 1. The van der Waals surface area contributed by atoms with E-state index in [0.717, 1.165) is 11.3 Å². The Hall–Kier alpha value is -2.82. The molecule has 0 aliphatic rings. The molecule has 5 heteroatoms. The zero-order chi connectivity index (χ0) is 15.5. The van der Waals surface area contributed by atoms with Gasteiger partial charge < -0.3 is 14.3 Å². The maximum Gasteiger partial charge on any atom is 0.255 e. The number of carbonyl (C=O) groups is 1. The zero-order valence-electron chi connectivity index (χ0n) is 12.4. The summed E-state index contributed by atoms with van der Waals surface area (Å²) in [4.78, 5) is 12.1. The maximum atomic E-state index is 12.1. The number of carbonyl (C=O) groups excluding carboxylic acids is 1. The predicted octanol–water partition coefficient (Wildman–Crippen LogP) is 3.48. The third kappa shape index (κ3) is 2.93. The highest BCUT2D eigenvalue weighted by atomic mass is 16.5. The molecular weight excluding hydrogens is 280 g/mol. The van der Waals surface area contributed by atoms with E-state index < -0.39 is 0 Å². The number of hydrogen-bond acceptors (Lipinski definition) is 4. The third-order valence-electron chi connectivity index (χ3n) is 3.33. The minimum atomic E-state index is -0.182. The van der Waals surface area contributed by atoms with Gasteiger partial charge in [0, 0.05) is 11.6 Å². The molecule has 1 N–H and O–H groups in total. The van der Waals surface area contributed by atoms with E-state index in [-0.39, 0.29) is 5.91 Å². The van der Waals surface area contributed by atoms with Crippen LogP contribution in [0.5, 0.6) is 0 Å². The van der Waals surface area contributed by atoms with Gasteiger partial charge in [0.15, 0.2) is 5.76 Å². The fourth-order valence-corrected chi connectivity index (χ4v) is 2.26. The molecule has 0 unspecified atom stereocenters. The van der Waals surface area contributed by atoms with E-state index in [1.165, 1.54) is 0 Å². The van der Waals surface area contributed by atoms with Gasteiger partial charge in [0.2, 0.25) is 0 Å². The topological polar surface area (TPSA) is 68.3 Å². The van der Waals surface area contributed by atoms with E-state index in [2.05, 4.69) is 10.5 Å². The Morgan fingerprint density at radius 1 is 1.18 bits per heavy atom. The molecule has 0 fully saturated rings. The number of aryl methyl sites for hydroxylation is 2. The van der Waals surface area contributed by atoms with Gasteiger partial charge in [0.1, 0.15) is 17.2 Å². The number of nitrogens with one attached hydrogen (secondary N) is 1. The minimum absolute atomic E-state index is 0.182. The molecule has 0 aliphatic heterocycles. The lowest BCUT2D eigenvalue weighted by atomic mass is 10.1. The summed E-state index contributed by atoms with van der Waals surface area (Å²) in [5.41, 5.74) is 2.17. The normalized spacial score (nSPS) is 10.6. The summed E-state index contributed by atoms with van der Waals surface area (Å²) in [5, 5.41) is 6.79. The van der Waals surface area contributed by atoms with E-state index in [0.29, 0.717) is 29.3 Å². The molecule has 0 aliphatic carbocycles. The summed E-state index contributed by atoms with van der Waals surface area (Å²) < 4.78 is 10.7. The molecule has 3 rings (SSSR count). The molecule has 0 bridgehead atoms. The molecule has 5 nitrogen and oxygen atoms in total. The molecule has 1 amide bonds. The van der Waals surface area contributed by atoms with Gasteiger partial charge >= 0.3 is 0 Å². The Balaban J connectivity index is 1.66. The van der Waals surface area contributed by atoms with Crippen molar-refractivity contribution >= 4 is 5.91 Å². The Bertz CT molecular complexity index is 787. The van der Waals surface area contributed by atoms with Crippen molar-refractivity contribution in [3.63, 3.8) is 0 Å². The van der Waals surface area contributed by atoms with Crippen LogP contribution < -0.4 is 5.32 Å². The van der Waals surface area contributed by atoms with Crippen molar-refractivity contribution < 1.29 is 13.7 Å². The molecule has 1 aromatic carbocycles. The van der Waals surface area contributed by atoms with Crippen LogP contribution >= 0.6 is 0 Å². The molecule has 0 spiro atoms. The largest absolute Gasteiger partial charge is 0.466 e. The number of rotatable bonds is 4. The average Bonchev–Trinajstić information content (AvgIpc) is 3.12. The van der Waals surface area contributed by atoms with Gasteiger partial charge in [-0.05, 0) is 19.9 Å². The molecule has 0 radical (unpaired) electrons. The van der Waals surface area contributed by atoms with Crippen LogP contribution in [0, 0.1) is 13.8 Å². The van der Waals surface area contributed by atoms with E-state index in [4.69, 9.17) is 8.94 Å². The molecule has 22 heavy (non-hydrogen) atoms. The lowest BCUT2D eigenvalue weighted by molar-refractivity contribution is 0.0948. The molecular formula is C17H16N2O3. The predicted molar refractivity (Wildman–Crippen MR) is 81.3 cm³/mol. The third-order valence-corrected chi connectivity index (χ3v) is 3.33. The highest BCUT2D eigenvalue weighted by Crippen LogP contribution is 2.19. The van der Waals surface area contributed by atoms with E-state index in [9.17, 15) is 4.79 Å². The number of furan rings is 1. The van der Waals surface area contributed by atoms with Crippen LogP contribution in [0.25, 0.3) is 11.3 Å². The smallest absolute Gasteiger partial charge is 0.255 e. The van der Waals surface area contributed by atoms with Gasteiger partial charge in [-0.1, -0.05) is 35.5 Å². The van der Waals surface area contributed by atoms with Crippen LogP contribution in [0.1, 0.15) is 27.6 Å². The fourth-order valence-electron chi connectivity index (χ4n) is 2.26. The first-order valence-corrected chi connectivity index (χ1v) is 7.00. The first-order chi connectivity index (χ1) is 10.6.